The first-order valence-electron chi connectivity index (χ1n) is 6.04. The van der Waals surface area contributed by atoms with E-state index in [1.807, 2.05) is 0 Å². The first kappa shape index (κ1) is 15.6. The molecule has 2 rings (SSSR count). The number of rotatable bonds is 3. The molecule has 2 aromatic rings. The van der Waals surface area contributed by atoms with Crippen molar-refractivity contribution < 1.29 is 18.0 Å². The number of carbonyl (C=O) groups is 1. The zero-order valence-corrected chi connectivity index (χ0v) is 12.6. The fourth-order valence-electron chi connectivity index (χ4n) is 1.90. The molecule has 0 aliphatic heterocycles. The summed E-state index contributed by atoms with van der Waals surface area (Å²) in [4.78, 5) is 12.0. The molecule has 0 bridgehead atoms. The minimum absolute atomic E-state index is 0.162. The van der Waals surface area contributed by atoms with Crippen molar-refractivity contribution in [3.8, 4) is 0 Å². The number of carbonyl (C=O) groups excluding carboxylic acids is 1. The number of hydrogen-bond donors (Lipinski definition) is 1. The van der Waals surface area contributed by atoms with Gasteiger partial charge < -0.3 is 9.88 Å². The normalized spacial score (nSPS) is 11.5. The molecule has 0 aliphatic carbocycles. The second-order valence-corrected chi connectivity index (χ2v) is 5.40. The minimum Gasteiger partial charge on any atom is -0.353 e. The van der Waals surface area contributed by atoms with Crippen molar-refractivity contribution in [1.29, 1.82) is 0 Å². The molecule has 0 saturated heterocycles. The van der Waals surface area contributed by atoms with Gasteiger partial charge in [0.15, 0.2) is 0 Å². The number of nitrogens with one attached hydrogen (secondary N) is 1. The molecule has 0 aliphatic rings. The summed E-state index contributed by atoms with van der Waals surface area (Å²) in [7, 11) is 1.79. The van der Waals surface area contributed by atoms with Gasteiger partial charge in [0.1, 0.15) is 0 Å². The molecule has 112 valence electrons. The molecule has 0 fully saturated rings. The molecule has 1 aromatic carbocycles. The van der Waals surface area contributed by atoms with E-state index in [0.717, 1.165) is 17.8 Å². The van der Waals surface area contributed by atoms with Crippen LogP contribution < -0.4 is 5.32 Å². The van der Waals surface area contributed by atoms with Crippen LogP contribution >= 0.6 is 15.9 Å². The largest absolute Gasteiger partial charge is 0.417 e. The number of benzene rings is 1. The Morgan fingerprint density at radius 2 is 2.05 bits per heavy atom. The fraction of sp³-hybridized carbons (Fsp3) is 0.214. The lowest BCUT2D eigenvalue weighted by Gasteiger charge is -2.13. The summed E-state index contributed by atoms with van der Waals surface area (Å²) in [5, 5.41) is 2.50. The number of aromatic nitrogens is 1. The summed E-state index contributed by atoms with van der Waals surface area (Å²) >= 11 is 2.98. The van der Waals surface area contributed by atoms with Crippen LogP contribution in [0.4, 0.5) is 13.2 Å². The fourth-order valence-corrected chi connectivity index (χ4v) is 2.26. The Bertz CT molecular complexity index is 664. The molecule has 1 heterocycles. The topological polar surface area (TPSA) is 34.0 Å². The van der Waals surface area contributed by atoms with E-state index in [9.17, 15) is 18.0 Å². The monoisotopic (exact) mass is 360 g/mol. The van der Waals surface area contributed by atoms with Crippen LogP contribution in [0.1, 0.15) is 21.6 Å². The Balaban J connectivity index is 2.21. The zero-order valence-electron chi connectivity index (χ0n) is 11.0. The third-order valence-electron chi connectivity index (χ3n) is 3.01. The highest BCUT2D eigenvalue weighted by Crippen LogP contribution is 2.33. The summed E-state index contributed by atoms with van der Waals surface area (Å²) in [6.45, 7) is 0.162. The molecule has 1 N–H and O–H groups in total. The smallest absolute Gasteiger partial charge is 0.353 e. The minimum atomic E-state index is -4.58. The molecule has 1 aromatic heterocycles. The molecule has 0 spiro atoms. The van der Waals surface area contributed by atoms with Crippen LogP contribution in [0, 0.1) is 0 Å². The van der Waals surface area contributed by atoms with Crippen LogP contribution in [0.15, 0.2) is 41.0 Å². The summed E-state index contributed by atoms with van der Waals surface area (Å²) in [6.07, 6.45) is -2.79. The van der Waals surface area contributed by atoms with Crippen molar-refractivity contribution in [3.05, 3.63) is 57.8 Å². The zero-order chi connectivity index (χ0) is 15.6. The number of amides is 1. The molecule has 0 unspecified atom stereocenters. The van der Waals surface area contributed by atoms with Crippen molar-refractivity contribution in [1.82, 2.24) is 9.88 Å². The van der Waals surface area contributed by atoms with Gasteiger partial charge in [-0.1, -0.05) is 15.9 Å². The Kier molecular flexibility index (Phi) is 4.41. The highest BCUT2D eigenvalue weighted by Gasteiger charge is 2.35. The third kappa shape index (κ3) is 3.66. The van der Waals surface area contributed by atoms with Crippen LogP contribution in [-0.4, -0.2) is 10.5 Å². The van der Waals surface area contributed by atoms with Gasteiger partial charge in [0, 0.05) is 23.4 Å². The third-order valence-corrected chi connectivity index (χ3v) is 3.51. The second-order valence-electron chi connectivity index (χ2n) is 4.48. The van der Waals surface area contributed by atoms with Crippen LogP contribution in [0.2, 0.25) is 0 Å². The van der Waals surface area contributed by atoms with Gasteiger partial charge in [0.05, 0.1) is 17.7 Å². The van der Waals surface area contributed by atoms with Gasteiger partial charge in [-0.2, -0.15) is 13.2 Å². The Morgan fingerprint density at radius 1 is 1.33 bits per heavy atom. The number of alkyl halides is 3. The predicted octanol–water partition coefficient (Wildman–Crippen LogP) is 3.74. The number of halogens is 4. The molecule has 1 amide bonds. The van der Waals surface area contributed by atoms with Crippen molar-refractivity contribution in [2.75, 3.05) is 0 Å². The highest BCUT2D eigenvalue weighted by atomic mass is 79.9. The summed E-state index contributed by atoms with van der Waals surface area (Å²) in [5.41, 5.74) is -0.546. The van der Waals surface area contributed by atoms with Gasteiger partial charge in [-0.15, -0.1) is 0 Å². The van der Waals surface area contributed by atoms with E-state index in [1.54, 1.807) is 29.9 Å². The van der Waals surface area contributed by atoms with Gasteiger partial charge in [-0.05, 0) is 30.3 Å². The van der Waals surface area contributed by atoms with E-state index in [2.05, 4.69) is 21.2 Å². The lowest BCUT2D eigenvalue weighted by Crippen LogP contribution is -2.26. The van der Waals surface area contributed by atoms with Crippen molar-refractivity contribution >= 4 is 21.8 Å². The first-order valence-corrected chi connectivity index (χ1v) is 6.83. The average molecular weight is 361 g/mol. The van der Waals surface area contributed by atoms with E-state index < -0.39 is 17.6 Å². The van der Waals surface area contributed by atoms with Gasteiger partial charge in [-0.25, -0.2) is 0 Å². The van der Waals surface area contributed by atoms with Crippen LogP contribution in [0.5, 0.6) is 0 Å². The van der Waals surface area contributed by atoms with Gasteiger partial charge >= 0.3 is 6.18 Å². The van der Waals surface area contributed by atoms with E-state index >= 15 is 0 Å². The van der Waals surface area contributed by atoms with Crippen LogP contribution in [-0.2, 0) is 19.8 Å². The summed E-state index contributed by atoms with van der Waals surface area (Å²) in [5.74, 6) is -0.754. The van der Waals surface area contributed by atoms with Gasteiger partial charge in [-0.3, -0.25) is 4.79 Å². The SMILES string of the molecule is Cn1cccc1CNC(=O)c1ccc(Br)cc1C(F)(F)F. The molecule has 3 nitrogen and oxygen atoms in total. The van der Waals surface area contributed by atoms with Crippen molar-refractivity contribution in [2.24, 2.45) is 7.05 Å². The second kappa shape index (κ2) is 5.93. The molecular formula is C14H12BrF3N2O. The van der Waals surface area contributed by atoms with E-state index in [4.69, 9.17) is 0 Å². The molecule has 7 heteroatoms. The number of nitrogens with zero attached hydrogens (tertiary/aromatic N) is 1. The lowest BCUT2D eigenvalue weighted by molar-refractivity contribution is -0.138. The maximum Gasteiger partial charge on any atom is 0.417 e. The van der Waals surface area contributed by atoms with Crippen LogP contribution in [0.3, 0.4) is 0 Å². The molecule has 0 radical (unpaired) electrons. The Morgan fingerprint density at radius 3 is 2.62 bits per heavy atom. The Labute approximate surface area is 127 Å². The maximum atomic E-state index is 13.0. The summed E-state index contributed by atoms with van der Waals surface area (Å²) in [6, 6.07) is 7.05. The quantitative estimate of drug-likeness (QED) is 0.888. The average Bonchev–Trinajstić information content (AvgIpc) is 2.80. The Hall–Kier alpha value is -1.76. The van der Waals surface area contributed by atoms with E-state index in [0.29, 0.717) is 0 Å². The first-order chi connectivity index (χ1) is 9.79. The standard InChI is InChI=1S/C14H12BrF3N2O/c1-20-6-2-3-10(20)8-19-13(21)11-5-4-9(15)7-12(11)14(16,17)18/h2-7H,8H2,1H3,(H,19,21). The predicted molar refractivity (Wildman–Crippen MR) is 75.7 cm³/mol. The molecule has 0 atom stereocenters. The molecular weight excluding hydrogens is 349 g/mol. The number of hydrogen-bond acceptors (Lipinski definition) is 1. The maximum absolute atomic E-state index is 13.0. The van der Waals surface area contributed by atoms with E-state index in [1.165, 1.54) is 6.07 Å². The van der Waals surface area contributed by atoms with Gasteiger partial charge in [0.2, 0.25) is 0 Å². The molecule has 0 saturated carbocycles. The highest BCUT2D eigenvalue weighted by molar-refractivity contribution is 9.10. The summed E-state index contributed by atoms with van der Waals surface area (Å²) < 4.78 is 40.9. The van der Waals surface area contributed by atoms with Crippen molar-refractivity contribution in [3.63, 3.8) is 0 Å². The molecule has 21 heavy (non-hydrogen) atoms. The lowest BCUT2D eigenvalue weighted by atomic mass is 10.1. The number of aryl methyl sites for hydroxylation is 1. The van der Waals surface area contributed by atoms with E-state index in [-0.39, 0.29) is 16.6 Å². The van der Waals surface area contributed by atoms with Crippen LogP contribution in [0.25, 0.3) is 0 Å². The van der Waals surface area contributed by atoms with Crippen molar-refractivity contribution in [2.45, 2.75) is 12.7 Å². The van der Waals surface area contributed by atoms with Gasteiger partial charge in [0.25, 0.3) is 5.91 Å².